The maximum absolute atomic E-state index is 12.3. The number of fused-ring (bicyclic) bond motifs is 1. The van der Waals surface area contributed by atoms with Gasteiger partial charge in [0.2, 0.25) is 0 Å². The average molecular weight is 417 g/mol. The molecule has 0 saturated carbocycles. The van der Waals surface area contributed by atoms with E-state index in [2.05, 4.69) is 39.8 Å². The summed E-state index contributed by atoms with van der Waals surface area (Å²) in [4.78, 5) is 12.3. The topological polar surface area (TPSA) is 73.7 Å². The SMILES string of the molecule is COc1c(C)c([C@]2(C)O[C@H]2/C(C)=C/C(C)=C/[C@]2(C)O[C@H](C)[C@@]3(C)O[C@H]32)oc(=O)c1C. The molecule has 3 fully saturated rings. The van der Waals surface area contributed by atoms with E-state index in [4.69, 9.17) is 23.4 Å². The molecule has 3 aliphatic rings. The highest BCUT2D eigenvalue weighted by Crippen LogP contribution is 2.56. The van der Waals surface area contributed by atoms with Crippen molar-refractivity contribution in [2.24, 2.45) is 0 Å². The molecule has 6 heteroatoms. The van der Waals surface area contributed by atoms with Crippen LogP contribution in [-0.4, -0.2) is 36.6 Å². The minimum Gasteiger partial charge on any atom is -0.496 e. The van der Waals surface area contributed by atoms with E-state index in [-0.39, 0.29) is 23.9 Å². The van der Waals surface area contributed by atoms with Gasteiger partial charge in [-0.3, -0.25) is 0 Å². The molecule has 0 radical (unpaired) electrons. The number of rotatable bonds is 5. The van der Waals surface area contributed by atoms with Crippen LogP contribution >= 0.6 is 0 Å². The Hall–Kier alpha value is -1.89. The number of ether oxygens (including phenoxy) is 4. The number of hydrogen-bond donors (Lipinski definition) is 0. The van der Waals surface area contributed by atoms with Gasteiger partial charge in [-0.05, 0) is 67.0 Å². The van der Waals surface area contributed by atoms with Crippen molar-refractivity contribution in [1.82, 2.24) is 0 Å². The van der Waals surface area contributed by atoms with Crippen molar-refractivity contribution < 1.29 is 23.4 Å². The van der Waals surface area contributed by atoms with Gasteiger partial charge in [0, 0.05) is 5.56 Å². The zero-order valence-electron chi connectivity index (χ0n) is 19.3. The van der Waals surface area contributed by atoms with Gasteiger partial charge in [-0.2, -0.15) is 0 Å². The van der Waals surface area contributed by atoms with Gasteiger partial charge in [0.15, 0.2) is 5.60 Å². The summed E-state index contributed by atoms with van der Waals surface area (Å²) in [6, 6.07) is 0. The van der Waals surface area contributed by atoms with Crippen LogP contribution in [-0.2, 0) is 19.8 Å². The van der Waals surface area contributed by atoms with E-state index in [0.717, 1.165) is 16.7 Å². The molecule has 0 unspecified atom stereocenters. The van der Waals surface area contributed by atoms with Crippen LogP contribution in [0.25, 0.3) is 0 Å². The third-order valence-corrected chi connectivity index (χ3v) is 6.96. The third kappa shape index (κ3) is 3.00. The molecule has 164 valence electrons. The smallest absolute Gasteiger partial charge is 0.342 e. The van der Waals surface area contributed by atoms with Crippen molar-refractivity contribution in [2.45, 2.75) is 90.5 Å². The predicted octanol–water partition coefficient (Wildman–Crippen LogP) is 4.11. The van der Waals surface area contributed by atoms with Gasteiger partial charge < -0.3 is 23.4 Å². The molecule has 4 rings (SSSR count). The number of epoxide rings is 2. The second kappa shape index (κ2) is 6.55. The van der Waals surface area contributed by atoms with Gasteiger partial charge >= 0.3 is 5.63 Å². The van der Waals surface area contributed by atoms with Crippen molar-refractivity contribution >= 4 is 0 Å². The molecule has 0 bridgehead atoms. The van der Waals surface area contributed by atoms with Crippen LogP contribution in [0.1, 0.15) is 58.4 Å². The van der Waals surface area contributed by atoms with Gasteiger partial charge in [-0.1, -0.05) is 11.6 Å². The lowest BCUT2D eigenvalue weighted by atomic mass is 9.91. The summed E-state index contributed by atoms with van der Waals surface area (Å²) in [6.07, 6.45) is 4.22. The maximum atomic E-state index is 12.3. The summed E-state index contributed by atoms with van der Waals surface area (Å²) in [6.45, 7) is 15.9. The lowest BCUT2D eigenvalue weighted by Crippen LogP contribution is -2.30. The largest absolute Gasteiger partial charge is 0.496 e. The lowest BCUT2D eigenvalue weighted by Gasteiger charge is -2.24. The molecule has 0 spiro atoms. The molecule has 4 heterocycles. The van der Waals surface area contributed by atoms with Crippen LogP contribution in [0.3, 0.4) is 0 Å². The Kier molecular flexibility index (Phi) is 4.66. The van der Waals surface area contributed by atoms with Crippen LogP contribution in [0.2, 0.25) is 0 Å². The van der Waals surface area contributed by atoms with Gasteiger partial charge in [-0.15, -0.1) is 0 Å². The van der Waals surface area contributed by atoms with Crippen LogP contribution in [0.15, 0.2) is 32.5 Å². The zero-order valence-corrected chi connectivity index (χ0v) is 19.3. The first-order chi connectivity index (χ1) is 13.9. The fraction of sp³-hybridized carbons (Fsp3) is 0.625. The summed E-state index contributed by atoms with van der Waals surface area (Å²) in [5, 5.41) is 0. The van der Waals surface area contributed by atoms with E-state index >= 15 is 0 Å². The summed E-state index contributed by atoms with van der Waals surface area (Å²) in [7, 11) is 1.56. The Morgan fingerprint density at radius 3 is 2.27 bits per heavy atom. The fourth-order valence-electron chi connectivity index (χ4n) is 5.23. The fourth-order valence-corrected chi connectivity index (χ4v) is 5.23. The molecule has 0 aliphatic carbocycles. The summed E-state index contributed by atoms with van der Waals surface area (Å²) >= 11 is 0. The number of methoxy groups -OCH3 is 1. The van der Waals surface area contributed by atoms with E-state index in [1.807, 2.05) is 20.8 Å². The van der Waals surface area contributed by atoms with Crippen LogP contribution in [0, 0.1) is 13.8 Å². The molecule has 1 aromatic rings. The van der Waals surface area contributed by atoms with Gasteiger partial charge in [-0.25, -0.2) is 4.79 Å². The zero-order chi connectivity index (χ0) is 22.2. The number of hydrogen-bond acceptors (Lipinski definition) is 6. The summed E-state index contributed by atoms with van der Waals surface area (Å²) in [5.41, 5.74) is 1.71. The Morgan fingerprint density at radius 1 is 1.07 bits per heavy atom. The molecule has 6 atom stereocenters. The van der Waals surface area contributed by atoms with Gasteiger partial charge in [0.25, 0.3) is 0 Å². The first-order valence-corrected chi connectivity index (χ1v) is 10.5. The molecule has 3 saturated heterocycles. The molecule has 0 aromatic carbocycles. The molecule has 1 aromatic heterocycles. The molecule has 0 N–H and O–H groups in total. The summed E-state index contributed by atoms with van der Waals surface area (Å²) in [5.74, 6) is 1.08. The van der Waals surface area contributed by atoms with Gasteiger partial charge in [0.1, 0.15) is 34.9 Å². The highest BCUT2D eigenvalue weighted by molar-refractivity contribution is 5.45. The van der Waals surface area contributed by atoms with E-state index in [9.17, 15) is 4.79 Å². The Bertz CT molecular complexity index is 1020. The molecular formula is C24H32O6. The van der Waals surface area contributed by atoms with Crippen LogP contribution < -0.4 is 10.4 Å². The molecule has 30 heavy (non-hydrogen) atoms. The van der Waals surface area contributed by atoms with Crippen LogP contribution in [0.4, 0.5) is 0 Å². The van der Waals surface area contributed by atoms with Gasteiger partial charge in [0.05, 0.1) is 18.8 Å². The molecular weight excluding hydrogens is 384 g/mol. The highest BCUT2D eigenvalue weighted by atomic mass is 16.7. The van der Waals surface area contributed by atoms with Crippen molar-refractivity contribution in [2.75, 3.05) is 7.11 Å². The average Bonchev–Trinajstić information content (AvgIpc) is 3.52. The minimum atomic E-state index is -0.689. The van der Waals surface area contributed by atoms with Crippen molar-refractivity contribution in [3.63, 3.8) is 0 Å². The minimum absolute atomic E-state index is 0.0686. The van der Waals surface area contributed by atoms with Crippen molar-refractivity contribution in [3.05, 3.63) is 50.6 Å². The lowest BCUT2D eigenvalue weighted by molar-refractivity contribution is -0.0719. The summed E-state index contributed by atoms with van der Waals surface area (Å²) < 4.78 is 29.2. The highest BCUT2D eigenvalue weighted by Gasteiger charge is 2.71. The standard InChI is InChI=1S/C24H32O6/c1-12(11-22(6)21-23(7,30-21)16(5)28-22)10-13(2)18-24(8,29-18)19-14(3)17(26-9)15(4)20(25)27-19/h10-11,16,18,21H,1-9H3/b12-11+,13-10+/t16-,18+,21+,22+,23-,24-/m1/s1. The van der Waals surface area contributed by atoms with Crippen molar-refractivity contribution in [3.8, 4) is 5.75 Å². The van der Waals surface area contributed by atoms with E-state index in [1.54, 1.807) is 14.0 Å². The molecule has 3 aliphatic heterocycles. The monoisotopic (exact) mass is 416 g/mol. The second-order valence-electron chi connectivity index (χ2n) is 9.51. The maximum Gasteiger partial charge on any atom is 0.342 e. The quantitative estimate of drug-likeness (QED) is 0.531. The predicted molar refractivity (Wildman–Crippen MR) is 113 cm³/mol. The third-order valence-electron chi connectivity index (χ3n) is 6.96. The van der Waals surface area contributed by atoms with E-state index in [0.29, 0.717) is 17.1 Å². The molecule has 6 nitrogen and oxygen atoms in total. The Balaban J connectivity index is 1.58. The second-order valence-corrected chi connectivity index (χ2v) is 9.51. The van der Waals surface area contributed by atoms with Crippen molar-refractivity contribution in [1.29, 1.82) is 0 Å². The first-order valence-electron chi connectivity index (χ1n) is 10.5. The van der Waals surface area contributed by atoms with Crippen LogP contribution in [0.5, 0.6) is 5.75 Å². The Labute approximate surface area is 177 Å². The normalized spacial score (nSPS) is 40.4. The van der Waals surface area contributed by atoms with E-state index < -0.39 is 16.8 Å². The molecule has 0 amide bonds. The number of allylic oxidation sites excluding steroid dienone is 2. The van der Waals surface area contributed by atoms with E-state index in [1.165, 1.54) is 0 Å². The Morgan fingerprint density at radius 2 is 1.73 bits per heavy atom. The first kappa shape index (κ1) is 21.3.